The lowest BCUT2D eigenvalue weighted by Crippen LogP contribution is -2.19. The summed E-state index contributed by atoms with van der Waals surface area (Å²) in [6.07, 6.45) is 0. The van der Waals surface area contributed by atoms with Gasteiger partial charge in [-0.05, 0) is 6.92 Å². The molecule has 0 aliphatic rings. The molecule has 2 aromatic rings. The summed E-state index contributed by atoms with van der Waals surface area (Å²) in [6.45, 7) is 5.70. The molecule has 0 unspecified atom stereocenters. The third kappa shape index (κ3) is 3.92. The van der Waals surface area contributed by atoms with E-state index in [1.165, 1.54) is 11.3 Å². The molecule has 0 bridgehead atoms. The Morgan fingerprint density at radius 3 is 2.73 bits per heavy atom. The van der Waals surface area contributed by atoms with Gasteiger partial charge in [-0.25, -0.2) is 9.78 Å². The van der Waals surface area contributed by atoms with E-state index in [-0.39, 0.29) is 12.3 Å². The van der Waals surface area contributed by atoms with E-state index in [0.717, 1.165) is 5.56 Å². The number of nitrogens with two attached hydrogens (primary N) is 1. The minimum Gasteiger partial charge on any atom is -0.461 e. The number of carbonyl (C=O) groups is 1. The molecule has 1 heterocycles. The number of anilines is 1. The van der Waals surface area contributed by atoms with Crippen molar-refractivity contribution in [1.82, 2.24) is 4.98 Å². The zero-order valence-electron chi connectivity index (χ0n) is 12.0. The SMILES string of the molecule is C=C(O/N=C(\C(=O)OCC)c1csc(N)n1)c1ccccc1. The van der Waals surface area contributed by atoms with Crippen LogP contribution >= 0.6 is 11.3 Å². The molecule has 1 aromatic carbocycles. The third-order valence-electron chi connectivity index (χ3n) is 2.58. The molecule has 22 heavy (non-hydrogen) atoms. The first-order valence-electron chi connectivity index (χ1n) is 6.49. The average molecular weight is 317 g/mol. The van der Waals surface area contributed by atoms with E-state index >= 15 is 0 Å². The van der Waals surface area contributed by atoms with Crippen molar-refractivity contribution in [3.8, 4) is 0 Å². The molecule has 0 amide bonds. The summed E-state index contributed by atoms with van der Waals surface area (Å²) in [5.41, 5.74) is 6.59. The minimum absolute atomic E-state index is 0.0492. The van der Waals surface area contributed by atoms with Gasteiger partial charge in [0.25, 0.3) is 0 Å². The first kappa shape index (κ1) is 15.7. The second-order valence-corrected chi connectivity index (χ2v) is 5.00. The van der Waals surface area contributed by atoms with Crippen LogP contribution in [0.3, 0.4) is 0 Å². The number of rotatable bonds is 6. The normalized spacial score (nSPS) is 11.0. The molecule has 0 aliphatic carbocycles. The average Bonchev–Trinajstić information content (AvgIpc) is 2.95. The van der Waals surface area contributed by atoms with Gasteiger partial charge in [0.1, 0.15) is 5.69 Å². The van der Waals surface area contributed by atoms with E-state index in [1.54, 1.807) is 12.3 Å². The van der Waals surface area contributed by atoms with Crippen molar-refractivity contribution in [2.45, 2.75) is 6.92 Å². The van der Waals surface area contributed by atoms with Crippen molar-refractivity contribution in [2.24, 2.45) is 5.16 Å². The van der Waals surface area contributed by atoms with Crippen LogP contribution in [0.1, 0.15) is 18.2 Å². The molecule has 1 aromatic heterocycles. The van der Waals surface area contributed by atoms with Crippen LogP contribution in [0.5, 0.6) is 0 Å². The number of nitrogens with zero attached hydrogens (tertiary/aromatic N) is 2. The first-order valence-corrected chi connectivity index (χ1v) is 7.37. The Morgan fingerprint density at radius 2 is 2.14 bits per heavy atom. The Morgan fingerprint density at radius 1 is 1.41 bits per heavy atom. The predicted molar refractivity (Wildman–Crippen MR) is 86.3 cm³/mol. The molecule has 0 aliphatic heterocycles. The van der Waals surface area contributed by atoms with Crippen LogP contribution in [-0.2, 0) is 14.4 Å². The molecule has 6 nitrogen and oxygen atoms in total. The van der Waals surface area contributed by atoms with Gasteiger partial charge in [0.05, 0.1) is 6.61 Å². The van der Waals surface area contributed by atoms with E-state index in [0.29, 0.717) is 16.6 Å². The van der Waals surface area contributed by atoms with E-state index < -0.39 is 5.97 Å². The molecule has 0 saturated carbocycles. The molecule has 0 radical (unpaired) electrons. The fraction of sp³-hybridized carbons (Fsp3) is 0.133. The summed E-state index contributed by atoms with van der Waals surface area (Å²) >= 11 is 1.20. The van der Waals surface area contributed by atoms with Gasteiger partial charge in [-0.1, -0.05) is 42.1 Å². The van der Waals surface area contributed by atoms with Crippen molar-refractivity contribution < 1.29 is 14.4 Å². The van der Waals surface area contributed by atoms with Crippen LogP contribution in [0, 0.1) is 0 Å². The highest BCUT2D eigenvalue weighted by molar-refractivity contribution is 7.13. The predicted octanol–water partition coefficient (Wildman–Crippen LogP) is 2.68. The maximum atomic E-state index is 12.0. The van der Waals surface area contributed by atoms with E-state index in [1.807, 2.05) is 30.3 Å². The van der Waals surface area contributed by atoms with Crippen LogP contribution in [0.2, 0.25) is 0 Å². The maximum absolute atomic E-state index is 12.0. The van der Waals surface area contributed by atoms with Crippen LogP contribution in [0.4, 0.5) is 5.13 Å². The van der Waals surface area contributed by atoms with Crippen molar-refractivity contribution in [2.75, 3.05) is 12.3 Å². The number of thiazole rings is 1. The number of hydrogen-bond donors (Lipinski definition) is 1. The summed E-state index contributed by atoms with van der Waals surface area (Å²) in [5, 5.41) is 5.77. The van der Waals surface area contributed by atoms with Crippen molar-refractivity contribution in [3.63, 3.8) is 0 Å². The Labute approximate surface area is 131 Å². The number of oxime groups is 1. The number of aromatic nitrogens is 1. The quantitative estimate of drug-likeness (QED) is 0.383. The first-order chi connectivity index (χ1) is 10.6. The van der Waals surface area contributed by atoms with E-state index in [9.17, 15) is 4.79 Å². The van der Waals surface area contributed by atoms with Gasteiger partial charge in [-0.2, -0.15) is 0 Å². The number of carbonyl (C=O) groups excluding carboxylic acids is 1. The number of esters is 1. The lowest BCUT2D eigenvalue weighted by atomic mass is 10.2. The molecule has 0 atom stereocenters. The van der Waals surface area contributed by atoms with Crippen LogP contribution in [0.25, 0.3) is 5.76 Å². The lowest BCUT2D eigenvalue weighted by Gasteiger charge is -2.06. The lowest BCUT2D eigenvalue weighted by molar-refractivity contribution is -0.135. The van der Waals surface area contributed by atoms with E-state index in [4.69, 9.17) is 15.3 Å². The van der Waals surface area contributed by atoms with Crippen molar-refractivity contribution in [3.05, 3.63) is 53.5 Å². The molecular weight excluding hydrogens is 302 g/mol. The Bertz CT molecular complexity index is 695. The Kier molecular flexibility index (Phi) is 5.26. The molecular formula is C15H15N3O3S. The van der Waals surface area contributed by atoms with Gasteiger partial charge in [0, 0.05) is 10.9 Å². The highest BCUT2D eigenvalue weighted by atomic mass is 32.1. The fourth-order valence-electron chi connectivity index (χ4n) is 1.56. The fourth-order valence-corrected chi connectivity index (χ4v) is 2.11. The summed E-state index contributed by atoms with van der Waals surface area (Å²) in [4.78, 5) is 21.2. The van der Waals surface area contributed by atoms with Crippen molar-refractivity contribution in [1.29, 1.82) is 0 Å². The smallest absolute Gasteiger partial charge is 0.362 e. The second-order valence-electron chi connectivity index (χ2n) is 4.11. The Balaban J connectivity index is 2.21. The van der Waals surface area contributed by atoms with Crippen molar-refractivity contribution >= 4 is 33.9 Å². The van der Waals surface area contributed by atoms with Gasteiger partial charge in [0.2, 0.25) is 5.71 Å². The van der Waals surface area contributed by atoms with E-state index in [2.05, 4.69) is 16.7 Å². The number of nitrogen functional groups attached to an aromatic ring is 1. The number of ether oxygens (including phenoxy) is 1. The molecule has 2 N–H and O–H groups in total. The molecule has 0 spiro atoms. The second kappa shape index (κ2) is 7.37. The van der Waals surface area contributed by atoms with Gasteiger partial charge >= 0.3 is 5.97 Å². The monoisotopic (exact) mass is 317 g/mol. The number of benzene rings is 1. The van der Waals surface area contributed by atoms with Crippen LogP contribution in [-0.4, -0.2) is 23.3 Å². The molecule has 114 valence electrons. The highest BCUT2D eigenvalue weighted by Gasteiger charge is 2.20. The zero-order chi connectivity index (χ0) is 15.9. The summed E-state index contributed by atoms with van der Waals surface area (Å²) in [6, 6.07) is 9.22. The molecule has 7 heteroatoms. The molecule has 0 fully saturated rings. The minimum atomic E-state index is -0.631. The molecule has 0 saturated heterocycles. The number of hydrogen-bond acceptors (Lipinski definition) is 7. The zero-order valence-corrected chi connectivity index (χ0v) is 12.8. The van der Waals surface area contributed by atoms with Gasteiger partial charge in [-0.3, -0.25) is 0 Å². The Hall–Kier alpha value is -2.67. The van der Waals surface area contributed by atoms with Gasteiger partial charge in [-0.15, -0.1) is 11.3 Å². The summed E-state index contributed by atoms with van der Waals surface area (Å²) < 4.78 is 4.95. The molecule has 2 rings (SSSR count). The summed E-state index contributed by atoms with van der Waals surface area (Å²) in [5.74, 6) is -0.320. The van der Waals surface area contributed by atoms with Crippen LogP contribution < -0.4 is 5.73 Å². The highest BCUT2D eigenvalue weighted by Crippen LogP contribution is 2.16. The van der Waals surface area contributed by atoms with Gasteiger partial charge in [0.15, 0.2) is 10.9 Å². The van der Waals surface area contributed by atoms with Gasteiger partial charge < -0.3 is 15.3 Å². The maximum Gasteiger partial charge on any atom is 0.362 e. The van der Waals surface area contributed by atoms with Crippen LogP contribution in [0.15, 0.2) is 47.4 Å². The largest absolute Gasteiger partial charge is 0.461 e. The standard InChI is InChI=1S/C15H15N3O3S/c1-3-20-14(19)13(12-9-22-15(16)17-12)18-21-10(2)11-7-5-4-6-8-11/h4-9H,2-3H2,1H3,(H2,16,17)/b18-13-. The summed E-state index contributed by atoms with van der Waals surface area (Å²) in [7, 11) is 0. The third-order valence-corrected chi connectivity index (χ3v) is 3.25. The topological polar surface area (TPSA) is 86.8 Å².